The molecule has 0 unspecified atom stereocenters. The molecule has 0 fully saturated rings. The summed E-state index contributed by atoms with van der Waals surface area (Å²) in [5.74, 6) is -4.07. The third kappa shape index (κ3) is 3.80. The van der Waals surface area contributed by atoms with E-state index in [4.69, 9.17) is 9.47 Å². The van der Waals surface area contributed by atoms with Crippen LogP contribution in [0.15, 0.2) is 47.5 Å². The second-order valence-corrected chi connectivity index (χ2v) is 8.48. The smallest absolute Gasteiger partial charge is 0.344 e. The molecule has 0 N–H and O–H groups in total. The number of rotatable bonds is 5. The SMILES string of the molecule is COc1cc(N2C(=O)N(Cc3c(F)cc(F)cc3F)c3ncccc3S2(=O)=O)cc(OC)n1. The number of urea groups is 1. The highest BCUT2D eigenvalue weighted by atomic mass is 32.2. The van der Waals surface area contributed by atoms with Crippen LogP contribution < -0.4 is 18.7 Å². The first kappa shape index (κ1) is 22.3. The van der Waals surface area contributed by atoms with Gasteiger partial charge in [-0.05, 0) is 12.1 Å². The van der Waals surface area contributed by atoms with Crippen LogP contribution in [0.3, 0.4) is 0 Å². The van der Waals surface area contributed by atoms with E-state index < -0.39 is 45.6 Å². The van der Waals surface area contributed by atoms with Gasteiger partial charge in [0.15, 0.2) is 5.82 Å². The van der Waals surface area contributed by atoms with Crippen LogP contribution in [-0.2, 0) is 16.6 Å². The van der Waals surface area contributed by atoms with Crippen LogP contribution >= 0.6 is 0 Å². The normalized spacial score (nSPS) is 14.8. The Morgan fingerprint density at radius 3 is 2.18 bits per heavy atom. The number of fused-ring (bicyclic) bond motifs is 1. The zero-order valence-corrected chi connectivity index (χ0v) is 17.9. The van der Waals surface area contributed by atoms with E-state index in [1.165, 1.54) is 44.7 Å². The minimum atomic E-state index is -4.49. The molecule has 0 saturated heterocycles. The Balaban J connectivity index is 1.91. The maximum absolute atomic E-state index is 14.3. The molecule has 3 aromatic rings. The fourth-order valence-corrected chi connectivity index (χ4v) is 4.78. The highest BCUT2D eigenvalue weighted by Crippen LogP contribution is 2.38. The summed E-state index contributed by atoms with van der Waals surface area (Å²) in [6.07, 6.45) is 1.22. The Morgan fingerprint density at radius 1 is 1.00 bits per heavy atom. The highest BCUT2D eigenvalue weighted by Gasteiger charge is 2.44. The molecule has 2 aromatic heterocycles. The number of aromatic nitrogens is 2. The van der Waals surface area contributed by atoms with Crippen LogP contribution in [0.25, 0.3) is 0 Å². The van der Waals surface area contributed by atoms with Crippen molar-refractivity contribution >= 4 is 27.6 Å². The summed E-state index contributed by atoms with van der Waals surface area (Å²) in [4.78, 5) is 21.7. The number of benzene rings is 1. The molecule has 4 rings (SSSR count). The van der Waals surface area contributed by atoms with Gasteiger partial charge in [0.25, 0.3) is 10.0 Å². The number of nitrogens with zero attached hydrogens (tertiary/aromatic N) is 4. The Bertz CT molecular complexity index is 1320. The van der Waals surface area contributed by atoms with Crippen molar-refractivity contribution < 1.29 is 35.9 Å². The van der Waals surface area contributed by atoms with E-state index in [0.29, 0.717) is 16.4 Å². The lowest BCUT2D eigenvalue weighted by Crippen LogP contribution is -2.51. The summed E-state index contributed by atoms with van der Waals surface area (Å²) in [5, 5.41) is 0. The predicted octanol–water partition coefficient (Wildman–Crippen LogP) is 3.25. The molecular formula is C20H15F3N4O5S. The van der Waals surface area contributed by atoms with Crippen molar-refractivity contribution in [3.63, 3.8) is 0 Å². The largest absolute Gasteiger partial charge is 0.481 e. The molecule has 0 spiro atoms. The molecule has 0 atom stereocenters. The lowest BCUT2D eigenvalue weighted by molar-refractivity contribution is 0.253. The number of sulfonamides is 1. The van der Waals surface area contributed by atoms with Crippen LogP contribution in [0, 0.1) is 17.5 Å². The molecule has 33 heavy (non-hydrogen) atoms. The summed E-state index contributed by atoms with van der Waals surface area (Å²) in [5.41, 5.74) is -0.839. The van der Waals surface area contributed by atoms with E-state index in [1.54, 1.807) is 0 Å². The van der Waals surface area contributed by atoms with Gasteiger partial charge in [0.05, 0.1) is 26.5 Å². The number of ether oxygens (including phenoxy) is 2. The van der Waals surface area contributed by atoms with Gasteiger partial charge in [-0.25, -0.2) is 31.4 Å². The zero-order valence-electron chi connectivity index (χ0n) is 17.1. The number of pyridine rings is 2. The molecular weight excluding hydrogens is 465 g/mol. The molecule has 9 nitrogen and oxygen atoms in total. The number of methoxy groups -OCH3 is 2. The standard InChI is InChI=1S/C20H15F3N4O5S/c1-31-17-8-12(9-18(25-17)32-2)27-20(28)26(10-13-14(22)6-11(21)7-15(13)23)19-16(33(27,29)30)4-3-5-24-19/h3-9H,10H2,1-2H3. The van der Waals surface area contributed by atoms with E-state index in [-0.39, 0.29) is 28.2 Å². The number of hydrogen-bond donors (Lipinski definition) is 0. The zero-order chi connectivity index (χ0) is 23.9. The first-order valence-corrected chi connectivity index (χ1v) is 10.7. The van der Waals surface area contributed by atoms with Crippen LogP contribution in [-0.4, -0.2) is 38.6 Å². The quantitative estimate of drug-likeness (QED) is 0.553. The second-order valence-electron chi connectivity index (χ2n) is 6.72. The Kier molecular flexibility index (Phi) is 5.57. The number of halogens is 3. The summed E-state index contributed by atoms with van der Waals surface area (Å²) in [7, 11) is -1.93. The van der Waals surface area contributed by atoms with Crippen molar-refractivity contribution in [1.82, 2.24) is 9.97 Å². The number of carbonyl (C=O) groups is 1. The third-order valence-electron chi connectivity index (χ3n) is 4.77. The summed E-state index contributed by atoms with van der Waals surface area (Å²) >= 11 is 0. The monoisotopic (exact) mass is 480 g/mol. The van der Waals surface area contributed by atoms with Crippen molar-refractivity contribution in [3.8, 4) is 11.8 Å². The molecule has 13 heteroatoms. The molecule has 3 heterocycles. The lowest BCUT2D eigenvalue weighted by atomic mass is 10.1. The molecule has 2 amide bonds. The summed E-state index contributed by atoms with van der Waals surface area (Å²) in [6.45, 7) is -0.758. The number of hydrogen-bond acceptors (Lipinski definition) is 7. The average molecular weight is 480 g/mol. The van der Waals surface area contributed by atoms with Gasteiger partial charge in [-0.3, -0.25) is 4.90 Å². The van der Waals surface area contributed by atoms with E-state index in [1.807, 2.05) is 0 Å². The molecule has 0 bridgehead atoms. The van der Waals surface area contributed by atoms with Crippen molar-refractivity contribution in [1.29, 1.82) is 0 Å². The topological polar surface area (TPSA) is 102 Å². The fraction of sp³-hybridized carbons (Fsp3) is 0.150. The van der Waals surface area contributed by atoms with Gasteiger partial charge in [-0.1, -0.05) is 0 Å². The molecule has 1 aromatic carbocycles. The average Bonchev–Trinajstić information content (AvgIpc) is 2.77. The van der Waals surface area contributed by atoms with Crippen molar-refractivity contribution in [2.24, 2.45) is 0 Å². The Morgan fingerprint density at radius 2 is 1.61 bits per heavy atom. The van der Waals surface area contributed by atoms with Gasteiger partial charge < -0.3 is 9.47 Å². The first-order chi connectivity index (χ1) is 15.7. The van der Waals surface area contributed by atoms with Gasteiger partial charge in [-0.15, -0.1) is 0 Å². The van der Waals surface area contributed by atoms with Crippen molar-refractivity contribution in [3.05, 3.63) is 65.6 Å². The summed E-state index contributed by atoms with van der Waals surface area (Å²) < 4.78 is 79.2. The van der Waals surface area contributed by atoms with Gasteiger partial charge in [0.2, 0.25) is 11.8 Å². The molecule has 1 aliphatic heterocycles. The molecule has 0 saturated carbocycles. The lowest BCUT2D eigenvalue weighted by Gasteiger charge is -2.35. The third-order valence-corrected chi connectivity index (χ3v) is 6.49. The molecule has 1 aliphatic rings. The maximum atomic E-state index is 14.3. The van der Waals surface area contributed by atoms with Crippen LogP contribution in [0.4, 0.5) is 29.5 Å². The van der Waals surface area contributed by atoms with E-state index >= 15 is 0 Å². The van der Waals surface area contributed by atoms with Gasteiger partial charge in [-0.2, -0.15) is 9.29 Å². The Hall–Kier alpha value is -3.87. The predicted molar refractivity (Wildman–Crippen MR) is 109 cm³/mol. The first-order valence-electron chi connectivity index (χ1n) is 9.22. The van der Waals surface area contributed by atoms with E-state index in [2.05, 4.69) is 9.97 Å². The van der Waals surface area contributed by atoms with Crippen LogP contribution in [0.2, 0.25) is 0 Å². The van der Waals surface area contributed by atoms with Crippen molar-refractivity contribution in [2.45, 2.75) is 11.4 Å². The van der Waals surface area contributed by atoms with Crippen LogP contribution in [0.1, 0.15) is 5.56 Å². The minimum absolute atomic E-state index is 0.0495. The number of anilines is 2. The van der Waals surface area contributed by atoms with Gasteiger partial charge >= 0.3 is 6.03 Å². The maximum Gasteiger partial charge on any atom is 0.344 e. The highest BCUT2D eigenvalue weighted by molar-refractivity contribution is 7.94. The van der Waals surface area contributed by atoms with E-state index in [0.717, 1.165) is 4.90 Å². The van der Waals surface area contributed by atoms with Crippen LogP contribution in [0.5, 0.6) is 11.8 Å². The van der Waals surface area contributed by atoms with E-state index in [9.17, 15) is 26.4 Å². The minimum Gasteiger partial charge on any atom is -0.481 e. The molecule has 172 valence electrons. The fourth-order valence-electron chi connectivity index (χ4n) is 3.25. The van der Waals surface area contributed by atoms with Crippen molar-refractivity contribution in [2.75, 3.05) is 23.4 Å². The number of amides is 2. The molecule has 0 radical (unpaired) electrons. The second kappa shape index (κ2) is 8.24. The molecule has 0 aliphatic carbocycles. The van der Waals surface area contributed by atoms with Gasteiger partial charge in [0.1, 0.15) is 22.3 Å². The Labute approximate surface area is 186 Å². The summed E-state index contributed by atoms with van der Waals surface area (Å²) in [6, 6.07) is 4.61. The number of carbonyl (C=O) groups excluding carboxylic acids is 1. The van der Waals surface area contributed by atoms with Gasteiger partial charge in [0, 0.05) is 36.0 Å².